The number of phenolic OH excluding ortho intramolecular Hbond substituents is 2. The average Bonchev–Trinajstić information content (AvgIpc) is 3.31. The maximum atomic E-state index is 14.4. The van der Waals surface area contributed by atoms with Gasteiger partial charge in [0.15, 0.2) is 0 Å². The molecule has 0 spiro atoms. The van der Waals surface area contributed by atoms with Crippen LogP contribution in [0.1, 0.15) is 105 Å². The highest BCUT2D eigenvalue weighted by molar-refractivity contribution is 5.97. The summed E-state index contributed by atoms with van der Waals surface area (Å²) in [6.07, 6.45) is 7.00. The number of rotatable bonds is 21. The third-order valence-electron chi connectivity index (χ3n) is 11.8. The molecular weight excluding hydrogens is 857 g/mol. The minimum absolute atomic E-state index is 0.0254. The fraction of sp³-hybridized carbons (Fsp3) is 0.412. The number of benzene rings is 4. The Balaban J connectivity index is 1.25. The van der Waals surface area contributed by atoms with E-state index in [-0.39, 0.29) is 59.9 Å². The first kappa shape index (κ1) is 51.2. The van der Waals surface area contributed by atoms with Crippen molar-refractivity contribution in [2.24, 2.45) is 0 Å². The van der Waals surface area contributed by atoms with Crippen molar-refractivity contribution in [2.75, 3.05) is 26.7 Å². The number of aliphatic carboxylic acids is 1. The normalized spacial score (nSPS) is 16.4. The number of carbonyl (C=O) groups is 6. The Morgan fingerprint density at radius 2 is 1.48 bits per heavy atom. The van der Waals surface area contributed by atoms with Gasteiger partial charge in [-0.15, -0.1) is 0 Å². The van der Waals surface area contributed by atoms with Gasteiger partial charge in [-0.3, -0.25) is 24.0 Å². The molecule has 1 aliphatic rings. The summed E-state index contributed by atoms with van der Waals surface area (Å²) in [5.41, 5.74) is 8.17. The fourth-order valence-corrected chi connectivity index (χ4v) is 7.93. The fourth-order valence-electron chi connectivity index (χ4n) is 7.93. The monoisotopic (exact) mass is 921 g/mol. The molecule has 0 aromatic heterocycles. The zero-order chi connectivity index (χ0) is 48.5. The van der Waals surface area contributed by atoms with E-state index in [0.29, 0.717) is 37.1 Å². The number of carbonyl (C=O) groups excluding carboxylic acids is 5. The van der Waals surface area contributed by atoms with Gasteiger partial charge in [0.05, 0.1) is 13.2 Å². The standard InChI is InChI=1S/C51H64N6O10/c1-4-5-6-7-10-27-67-31-33-12-15-35(16-13-33)36-17-19-37(20-18-36)48(62)53-26-24-45(60)55-41(11-8-9-25-52)50(64)57(3)46-38-21-23-44(59)40(30-38)39-28-34(14-22-43(39)58)29-42(51(65)66)56-47(61)32(2)54-49(46)63/h12-23,28,30,32,41-42,46,58-59H,4-11,24-27,29,31,52H2,1-3H3,(H,53,62)(H,54,63)(H,55,60)(H,56,61)(H,65,66)/p+1/t32-,41-,42-,46-/m0/s1. The molecule has 0 aliphatic carbocycles. The molecule has 0 unspecified atom stereocenters. The van der Waals surface area contributed by atoms with Crippen molar-refractivity contribution in [2.45, 2.75) is 109 Å². The molecular formula is C51H65N6O10+. The predicted molar refractivity (Wildman–Crippen MR) is 252 cm³/mol. The number of quaternary nitrogens is 1. The van der Waals surface area contributed by atoms with Gasteiger partial charge in [0, 0.05) is 49.7 Å². The molecule has 16 heteroatoms. The molecule has 4 bridgehead atoms. The van der Waals surface area contributed by atoms with Crippen molar-refractivity contribution in [1.29, 1.82) is 0 Å². The van der Waals surface area contributed by atoms with Crippen LogP contribution < -0.4 is 27.0 Å². The number of amides is 5. The number of hydrogen-bond donors (Lipinski definition) is 8. The van der Waals surface area contributed by atoms with Crippen LogP contribution in [-0.4, -0.2) is 101 Å². The average molecular weight is 922 g/mol. The van der Waals surface area contributed by atoms with Gasteiger partial charge in [0.2, 0.25) is 23.6 Å². The van der Waals surface area contributed by atoms with Crippen molar-refractivity contribution >= 4 is 35.5 Å². The number of likely N-dealkylation sites (N-methyl/N-ethyl adjacent to an activating group) is 1. The van der Waals surface area contributed by atoms with E-state index in [1.807, 2.05) is 36.4 Å². The quantitative estimate of drug-likeness (QED) is 0.0532. The third-order valence-corrected chi connectivity index (χ3v) is 11.8. The molecule has 0 saturated heterocycles. The summed E-state index contributed by atoms with van der Waals surface area (Å²) in [5.74, 6) is -4.97. The molecule has 4 aromatic rings. The van der Waals surface area contributed by atoms with Gasteiger partial charge in [0.25, 0.3) is 5.91 Å². The molecule has 16 nitrogen and oxygen atoms in total. The molecule has 1 heterocycles. The summed E-state index contributed by atoms with van der Waals surface area (Å²) in [5, 5.41) is 42.4. The molecule has 5 amide bonds. The van der Waals surface area contributed by atoms with Crippen LogP contribution in [0.2, 0.25) is 0 Å². The van der Waals surface area contributed by atoms with Crippen LogP contribution in [0, 0.1) is 0 Å². The van der Waals surface area contributed by atoms with E-state index < -0.39 is 53.8 Å². The maximum absolute atomic E-state index is 14.4. The summed E-state index contributed by atoms with van der Waals surface area (Å²) in [6, 6.07) is 18.6. The zero-order valence-electron chi connectivity index (χ0n) is 38.6. The van der Waals surface area contributed by atoms with Crippen molar-refractivity contribution in [3.05, 3.63) is 107 Å². The maximum Gasteiger partial charge on any atom is 0.326 e. The number of ether oxygens (including phenoxy) is 1. The molecule has 0 saturated carbocycles. The second-order valence-electron chi connectivity index (χ2n) is 17.0. The van der Waals surface area contributed by atoms with Crippen LogP contribution in [0.4, 0.5) is 0 Å². The van der Waals surface area contributed by atoms with Crippen LogP contribution in [-0.2, 0) is 41.7 Å². The summed E-state index contributed by atoms with van der Waals surface area (Å²) in [7, 11) is 1.37. The van der Waals surface area contributed by atoms with Gasteiger partial charge in [-0.2, -0.15) is 0 Å². The molecule has 67 heavy (non-hydrogen) atoms. The summed E-state index contributed by atoms with van der Waals surface area (Å²) >= 11 is 0. The van der Waals surface area contributed by atoms with Gasteiger partial charge in [-0.25, -0.2) is 4.79 Å². The lowest BCUT2D eigenvalue weighted by molar-refractivity contribution is -0.368. The Morgan fingerprint density at radius 3 is 2.15 bits per heavy atom. The van der Waals surface area contributed by atoms with Crippen LogP contribution in [0.15, 0.2) is 84.9 Å². The van der Waals surface area contributed by atoms with E-state index in [0.717, 1.165) is 34.6 Å². The van der Waals surface area contributed by atoms with Gasteiger partial charge in [-0.05, 0) is 96.8 Å². The van der Waals surface area contributed by atoms with E-state index in [1.165, 1.54) is 76.1 Å². The van der Waals surface area contributed by atoms with Crippen LogP contribution in [0.5, 0.6) is 11.5 Å². The lowest BCUT2D eigenvalue weighted by Crippen LogP contribution is -2.55. The van der Waals surface area contributed by atoms with Gasteiger partial charge in [0.1, 0.15) is 35.7 Å². The highest BCUT2D eigenvalue weighted by atomic mass is 16.5. The van der Waals surface area contributed by atoms with Gasteiger partial charge >= 0.3 is 5.97 Å². The predicted octanol–water partition coefficient (Wildman–Crippen LogP) is 4.77. The minimum atomic E-state index is -1.43. The van der Waals surface area contributed by atoms with Crippen molar-refractivity contribution in [3.63, 3.8) is 0 Å². The Bertz CT molecular complexity index is 2340. The molecule has 358 valence electrons. The second kappa shape index (κ2) is 25.2. The molecule has 1 aliphatic heterocycles. The first-order valence-corrected chi connectivity index (χ1v) is 23.1. The highest BCUT2D eigenvalue weighted by Crippen LogP contribution is 2.39. The molecule has 5 rings (SSSR count). The smallest absolute Gasteiger partial charge is 0.326 e. The number of carboxylic acid groups (broad SMARTS) is 1. The van der Waals surface area contributed by atoms with Gasteiger partial charge in [-0.1, -0.05) is 81.1 Å². The van der Waals surface area contributed by atoms with E-state index in [9.17, 15) is 44.1 Å². The zero-order valence-corrected chi connectivity index (χ0v) is 38.6. The number of nitrogens with one attached hydrogen (secondary N) is 4. The number of carboxylic acids is 1. The summed E-state index contributed by atoms with van der Waals surface area (Å²) < 4.78 is 5.84. The molecule has 4 atom stereocenters. The largest absolute Gasteiger partial charge is 0.507 e. The SMILES string of the molecule is CCCCCCCOCc1ccc(-c2ccc(C(=O)NCCC(=O)N[C@@H](CCCC[NH3+])C(=O)N(C)[C@@H]3C(=O)N[C@@H](C)C(=O)N[C@H](C(=O)O)Cc4ccc(O)c(c4)-c4cc3ccc4O)cc2)cc1. The van der Waals surface area contributed by atoms with Gasteiger partial charge < -0.3 is 52.0 Å². The number of fused-ring (bicyclic) bond motifs is 5. The second-order valence-corrected chi connectivity index (χ2v) is 17.0. The minimum Gasteiger partial charge on any atom is -0.507 e. The Kier molecular flexibility index (Phi) is 19.3. The number of aromatic hydroxyl groups is 2. The number of nitrogens with zero attached hydrogens (tertiary/aromatic N) is 1. The third kappa shape index (κ3) is 14.6. The molecule has 10 N–H and O–H groups in total. The summed E-state index contributed by atoms with van der Waals surface area (Å²) in [4.78, 5) is 81.7. The Hall–Kier alpha value is -6.78. The van der Waals surface area contributed by atoms with E-state index in [2.05, 4.69) is 33.9 Å². The summed E-state index contributed by atoms with van der Waals surface area (Å²) in [6.45, 7) is 5.44. The van der Waals surface area contributed by atoms with Crippen molar-refractivity contribution in [1.82, 2.24) is 26.2 Å². The molecule has 4 aromatic carbocycles. The van der Waals surface area contributed by atoms with Crippen LogP contribution in [0.3, 0.4) is 0 Å². The number of unbranched alkanes of at least 4 members (excludes halogenated alkanes) is 5. The van der Waals surface area contributed by atoms with E-state index >= 15 is 0 Å². The molecule has 0 fully saturated rings. The lowest BCUT2D eigenvalue weighted by atomic mass is 9.93. The number of phenols is 2. The van der Waals surface area contributed by atoms with Crippen molar-refractivity contribution in [3.8, 4) is 33.8 Å². The van der Waals surface area contributed by atoms with Crippen LogP contribution >= 0.6 is 0 Å². The molecule has 0 radical (unpaired) electrons. The lowest BCUT2D eigenvalue weighted by Gasteiger charge is -2.32. The Morgan fingerprint density at radius 1 is 0.821 bits per heavy atom. The van der Waals surface area contributed by atoms with Crippen LogP contribution in [0.25, 0.3) is 22.3 Å². The highest BCUT2D eigenvalue weighted by Gasteiger charge is 2.36. The Labute approximate surface area is 391 Å². The van der Waals surface area contributed by atoms with E-state index in [1.54, 1.807) is 12.1 Å². The van der Waals surface area contributed by atoms with E-state index in [4.69, 9.17) is 4.74 Å². The first-order chi connectivity index (χ1) is 32.2. The number of hydrogen-bond acceptors (Lipinski definition) is 9. The van der Waals surface area contributed by atoms with Crippen molar-refractivity contribution < 1.29 is 54.6 Å². The topological polar surface area (TPSA) is 251 Å². The first-order valence-electron chi connectivity index (χ1n) is 23.1.